The van der Waals surface area contributed by atoms with Gasteiger partial charge in [-0.15, -0.1) is 0 Å². The fourth-order valence-corrected chi connectivity index (χ4v) is 2.85. The summed E-state index contributed by atoms with van der Waals surface area (Å²) in [5.41, 5.74) is 0. The summed E-state index contributed by atoms with van der Waals surface area (Å²) in [7, 11) is 0. The molecule has 1 amide bonds. The molecule has 0 atom stereocenters. The summed E-state index contributed by atoms with van der Waals surface area (Å²) in [5.74, 6) is 1.09. The highest BCUT2D eigenvalue weighted by molar-refractivity contribution is 6.43. The van der Waals surface area contributed by atoms with Gasteiger partial charge in [-0.3, -0.25) is 4.79 Å². The van der Waals surface area contributed by atoms with E-state index < -0.39 is 0 Å². The minimum atomic E-state index is -0.0130. The zero-order chi connectivity index (χ0) is 15.0. The highest BCUT2D eigenvalue weighted by atomic mass is 35.5. The van der Waals surface area contributed by atoms with Gasteiger partial charge in [0.1, 0.15) is 5.75 Å². The lowest BCUT2D eigenvalue weighted by Gasteiger charge is -2.22. The SMILES string of the molecule is O=C(COc1cc(Cl)c(Cl)cc1Cl)N(CC1CC1)C1CC1. The van der Waals surface area contributed by atoms with E-state index in [1.165, 1.54) is 18.9 Å². The largest absolute Gasteiger partial charge is 0.482 e. The van der Waals surface area contributed by atoms with Gasteiger partial charge in [-0.25, -0.2) is 0 Å². The van der Waals surface area contributed by atoms with Crippen LogP contribution in [0.3, 0.4) is 0 Å². The van der Waals surface area contributed by atoms with Gasteiger partial charge in [0.2, 0.25) is 0 Å². The lowest BCUT2D eigenvalue weighted by atomic mass is 10.3. The second-order valence-corrected chi connectivity index (χ2v) is 6.93. The van der Waals surface area contributed by atoms with Crippen LogP contribution in [0.4, 0.5) is 0 Å². The summed E-state index contributed by atoms with van der Waals surface area (Å²) in [5, 5.41) is 1.09. The molecule has 0 radical (unpaired) electrons. The Morgan fingerprint density at radius 2 is 1.76 bits per heavy atom. The van der Waals surface area contributed by atoms with Crippen molar-refractivity contribution in [1.82, 2.24) is 4.90 Å². The van der Waals surface area contributed by atoms with Crippen molar-refractivity contribution in [3.05, 3.63) is 27.2 Å². The minimum Gasteiger partial charge on any atom is -0.482 e. The summed E-state index contributed by atoms with van der Waals surface area (Å²) in [6.45, 7) is 0.850. The fourth-order valence-electron chi connectivity index (χ4n) is 2.26. The van der Waals surface area contributed by atoms with Crippen molar-refractivity contribution in [3.63, 3.8) is 0 Å². The third-order valence-corrected chi connectivity index (χ3v) is 4.80. The molecule has 3 rings (SSSR count). The lowest BCUT2D eigenvalue weighted by Crippen LogP contribution is -2.38. The summed E-state index contributed by atoms with van der Waals surface area (Å²) >= 11 is 17.8. The first-order valence-electron chi connectivity index (χ1n) is 7.11. The Kier molecular flexibility index (Phi) is 4.53. The lowest BCUT2D eigenvalue weighted by molar-refractivity contribution is -0.134. The highest BCUT2D eigenvalue weighted by Crippen LogP contribution is 2.36. The van der Waals surface area contributed by atoms with Crippen LogP contribution in [-0.4, -0.2) is 30.0 Å². The van der Waals surface area contributed by atoms with Crippen molar-refractivity contribution >= 4 is 40.7 Å². The molecule has 0 spiro atoms. The summed E-state index contributed by atoms with van der Waals surface area (Å²) < 4.78 is 5.53. The van der Waals surface area contributed by atoms with Crippen LogP contribution >= 0.6 is 34.8 Å². The Hall–Kier alpha value is -0.640. The van der Waals surface area contributed by atoms with Crippen LogP contribution in [0, 0.1) is 5.92 Å². The minimum absolute atomic E-state index is 0.0130. The van der Waals surface area contributed by atoms with E-state index in [-0.39, 0.29) is 12.5 Å². The molecule has 0 unspecified atom stereocenters. The Bertz CT molecular complexity index is 556. The molecule has 114 valence electrons. The monoisotopic (exact) mass is 347 g/mol. The first kappa shape index (κ1) is 15.3. The van der Waals surface area contributed by atoms with Gasteiger partial charge in [0, 0.05) is 18.7 Å². The number of carbonyl (C=O) groups is 1. The van der Waals surface area contributed by atoms with Crippen LogP contribution in [-0.2, 0) is 4.79 Å². The number of nitrogens with zero attached hydrogens (tertiary/aromatic N) is 1. The zero-order valence-corrected chi connectivity index (χ0v) is 13.7. The number of hydrogen-bond donors (Lipinski definition) is 0. The molecule has 0 aromatic heterocycles. The summed E-state index contributed by atoms with van der Waals surface area (Å²) in [6, 6.07) is 3.47. The second kappa shape index (κ2) is 6.23. The molecular weight excluding hydrogens is 333 g/mol. The topological polar surface area (TPSA) is 29.5 Å². The molecule has 2 fully saturated rings. The first-order valence-corrected chi connectivity index (χ1v) is 8.25. The maximum atomic E-state index is 12.3. The maximum absolute atomic E-state index is 12.3. The van der Waals surface area contributed by atoms with E-state index in [2.05, 4.69) is 0 Å². The van der Waals surface area contributed by atoms with Crippen LogP contribution in [0.25, 0.3) is 0 Å². The Labute approximate surface area is 139 Å². The Morgan fingerprint density at radius 3 is 2.38 bits per heavy atom. The molecule has 0 aliphatic heterocycles. The van der Waals surface area contributed by atoms with Crippen LogP contribution in [0.15, 0.2) is 12.1 Å². The first-order chi connectivity index (χ1) is 10.0. The van der Waals surface area contributed by atoms with Crippen molar-refractivity contribution in [1.29, 1.82) is 0 Å². The molecule has 21 heavy (non-hydrogen) atoms. The van der Waals surface area contributed by atoms with E-state index in [0.717, 1.165) is 19.4 Å². The molecule has 0 bridgehead atoms. The van der Waals surface area contributed by atoms with Crippen molar-refractivity contribution in [2.24, 2.45) is 5.92 Å². The quantitative estimate of drug-likeness (QED) is 0.712. The third-order valence-electron chi connectivity index (χ3n) is 3.79. The normalized spacial score (nSPS) is 17.7. The Balaban J connectivity index is 1.60. The van der Waals surface area contributed by atoms with Gasteiger partial charge < -0.3 is 9.64 Å². The van der Waals surface area contributed by atoms with Crippen LogP contribution < -0.4 is 4.74 Å². The number of halogens is 3. The number of benzene rings is 1. The number of hydrogen-bond acceptors (Lipinski definition) is 2. The van der Waals surface area contributed by atoms with Gasteiger partial charge in [-0.2, -0.15) is 0 Å². The molecule has 2 aliphatic carbocycles. The van der Waals surface area contributed by atoms with E-state index in [1.807, 2.05) is 4.90 Å². The predicted octanol–water partition coefficient (Wildman–Crippen LogP) is 4.43. The molecule has 3 nitrogen and oxygen atoms in total. The van der Waals surface area contributed by atoms with E-state index in [0.29, 0.717) is 32.8 Å². The number of ether oxygens (including phenoxy) is 1. The zero-order valence-electron chi connectivity index (χ0n) is 11.4. The molecule has 2 aliphatic rings. The molecule has 0 saturated heterocycles. The molecule has 6 heteroatoms. The van der Waals surface area contributed by atoms with Gasteiger partial charge in [0.15, 0.2) is 6.61 Å². The van der Waals surface area contributed by atoms with Gasteiger partial charge in [-0.05, 0) is 37.7 Å². The van der Waals surface area contributed by atoms with Crippen molar-refractivity contribution < 1.29 is 9.53 Å². The maximum Gasteiger partial charge on any atom is 0.260 e. The summed E-state index contributed by atoms with van der Waals surface area (Å²) in [4.78, 5) is 14.3. The number of amides is 1. The van der Waals surface area contributed by atoms with E-state index in [1.54, 1.807) is 6.07 Å². The highest BCUT2D eigenvalue weighted by Gasteiger charge is 2.36. The molecule has 1 aromatic carbocycles. The van der Waals surface area contributed by atoms with Crippen LogP contribution in [0.5, 0.6) is 5.75 Å². The fraction of sp³-hybridized carbons (Fsp3) is 0.533. The van der Waals surface area contributed by atoms with Gasteiger partial charge >= 0.3 is 0 Å². The average Bonchev–Trinajstić information content (AvgIpc) is 3.31. The average molecular weight is 349 g/mol. The van der Waals surface area contributed by atoms with Crippen molar-refractivity contribution in [2.75, 3.05) is 13.2 Å². The smallest absolute Gasteiger partial charge is 0.260 e. The summed E-state index contributed by atoms with van der Waals surface area (Å²) in [6.07, 6.45) is 4.67. The second-order valence-electron chi connectivity index (χ2n) is 5.71. The van der Waals surface area contributed by atoms with Crippen LogP contribution in [0.1, 0.15) is 25.7 Å². The standard InChI is InChI=1S/C15H16Cl3NO2/c16-11-5-13(18)14(6-12(11)17)21-8-15(20)19(10-3-4-10)7-9-1-2-9/h5-6,9-10H,1-4,7-8H2. The molecule has 0 N–H and O–H groups in total. The number of rotatable bonds is 6. The predicted molar refractivity (Wildman–Crippen MR) is 84.4 cm³/mol. The third kappa shape index (κ3) is 3.97. The molecule has 2 saturated carbocycles. The van der Waals surface area contributed by atoms with E-state index in [9.17, 15) is 4.79 Å². The molecular formula is C15H16Cl3NO2. The van der Waals surface area contributed by atoms with Crippen LogP contribution in [0.2, 0.25) is 15.1 Å². The Morgan fingerprint density at radius 1 is 1.10 bits per heavy atom. The van der Waals surface area contributed by atoms with Gasteiger partial charge in [0.05, 0.1) is 15.1 Å². The number of carbonyl (C=O) groups excluding carboxylic acids is 1. The molecule has 0 heterocycles. The van der Waals surface area contributed by atoms with E-state index >= 15 is 0 Å². The van der Waals surface area contributed by atoms with E-state index in [4.69, 9.17) is 39.5 Å². The van der Waals surface area contributed by atoms with Gasteiger partial charge in [-0.1, -0.05) is 34.8 Å². The van der Waals surface area contributed by atoms with Crippen molar-refractivity contribution in [3.8, 4) is 5.75 Å². The van der Waals surface area contributed by atoms with Gasteiger partial charge in [0.25, 0.3) is 5.91 Å². The molecule has 1 aromatic rings. The van der Waals surface area contributed by atoms with Crippen molar-refractivity contribution in [2.45, 2.75) is 31.7 Å².